The SMILES string of the molecule is CCOCCOc1ccc(Cl)cc1NC(=O)c1ccc(CN)cc1.Cl. The standard InChI is InChI=1S/C18H21ClN2O3.ClH/c1-2-23-9-10-24-17-8-7-15(19)11-16(17)21-18(22)14-5-3-13(12-20)4-6-14;/h3-8,11H,2,9-10,12,20H2,1H3,(H,21,22);1H. The zero-order chi connectivity index (χ0) is 17.4. The summed E-state index contributed by atoms with van der Waals surface area (Å²) in [7, 11) is 0. The summed E-state index contributed by atoms with van der Waals surface area (Å²) in [6.45, 7) is 3.86. The molecule has 1 amide bonds. The van der Waals surface area contributed by atoms with E-state index in [9.17, 15) is 4.79 Å². The maximum absolute atomic E-state index is 12.4. The Bertz CT molecular complexity index is 679. The van der Waals surface area contributed by atoms with Gasteiger partial charge in [0.25, 0.3) is 5.91 Å². The van der Waals surface area contributed by atoms with Gasteiger partial charge >= 0.3 is 0 Å². The number of hydrogen-bond acceptors (Lipinski definition) is 4. The monoisotopic (exact) mass is 384 g/mol. The molecule has 5 nitrogen and oxygen atoms in total. The number of nitrogens with one attached hydrogen (secondary N) is 1. The fourth-order valence-electron chi connectivity index (χ4n) is 2.07. The second kappa shape index (κ2) is 10.9. The summed E-state index contributed by atoms with van der Waals surface area (Å²) in [6.07, 6.45) is 0. The Hall–Kier alpha value is -1.79. The van der Waals surface area contributed by atoms with Crippen molar-refractivity contribution >= 4 is 35.6 Å². The summed E-state index contributed by atoms with van der Waals surface area (Å²) in [5.41, 5.74) is 7.58. The van der Waals surface area contributed by atoms with Crippen molar-refractivity contribution in [2.75, 3.05) is 25.1 Å². The van der Waals surface area contributed by atoms with Crippen molar-refractivity contribution in [3.8, 4) is 5.75 Å². The van der Waals surface area contributed by atoms with Crippen LogP contribution in [0.4, 0.5) is 5.69 Å². The van der Waals surface area contributed by atoms with Crippen LogP contribution in [-0.2, 0) is 11.3 Å². The van der Waals surface area contributed by atoms with Crippen LogP contribution in [0.5, 0.6) is 5.75 Å². The molecule has 2 aromatic carbocycles. The quantitative estimate of drug-likeness (QED) is 0.677. The molecule has 0 atom stereocenters. The van der Waals surface area contributed by atoms with Crippen LogP contribution in [-0.4, -0.2) is 25.7 Å². The van der Waals surface area contributed by atoms with Crippen LogP contribution in [0, 0.1) is 0 Å². The Kier molecular flexibility index (Phi) is 9.31. The van der Waals surface area contributed by atoms with Gasteiger partial charge in [-0.1, -0.05) is 23.7 Å². The van der Waals surface area contributed by atoms with Gasteiger partial charge in [0.2, 0.25) is 0 Å². The number of ether oxygens (including phenoxy) is 2. The summed E-state index contributed by atoms with van der Waals surface area (Å²) in [6, 6.07) is 12.2. The summed E-state index contributed by atoms with van der Waals surface area (Å²) in [5.74, 6) is 0.307. The van der Waals surface area contributed by atoms with Crippen molar-refractivity contribution in [1.29, 1.82) is 0 Å². The molecule has 0 saturated heterocycles. The largest absolute Gasteiger partial charge is 0.489 e. The van der Waals surface area contributed by atoms with Crippen molar-refractivity contribution in [2.45, 2.75) is 13.5 Å². The first-order valence-electron chi connectivity index (χ1n) is 7.74. The first-order valence-corrected chi connectivity index (χ1v) is 8.12. The van der Waals surface area contributed by atoms with Crippen molar-refractivity contribution < 1.29 is 14.3 Å². The van der Waals surface area contributed by atoms with Gasteiger partial charge in [-0.3, -0.25) is 4.79 Å². The van der Waals surface area contributed by atoms with E-state index in [0.717, 1.165) is 5.56 Å². The average Bonchev–Trinajstić information content (AvgIpc) is 2.60. The van der Waals surface area contributed by atoms with E-state index in [0.29, 0.717) is 48.4 Å². The Labute approximate surface area is 158 Å². The molecule has 0 saturated carbocycles. The highest BCUT2D eigenvalue weighted by Crippen LogP contribution is 2.28. The lowest BCUT2D eigenvalue weighted by molar-refractivity contribution is 0.102. The summed E-state index contributed by atoms with van der Waals surface area (Å²) >= 11 is 6.02. The van der Waals surface area contributed by atoms with Gasteiger partial charge in [-0.05, 0) is 42.8 Å². The predicted octanol–water partition coefficient (Wildman–Crippen LogP) is 3.89. The number of benzene rings is 2. The topological polar surface area (TPSA) is 73.6 Å². The Balaban J connectivity index is 0.00000312. The number of rotatable bonds is 8. The highest BCUT2D eigenvalue weighted by atomic mass is 35.5. The molecule has 0 aliphatic rings. The lowest BCUT2D eigenvalue weighted by Crippen LogP contribution is -2.14. The Morgan fingerprint density at radius 1 is 1.16 bits per heavy atom. The smallest absolute Gasteiger partial charge is 0.255 e. The normalized spacial score (nSPS) is 10.0. The average molecular weight is 385 g/mol. The van der Waals surface area contributed by atoms with E-state index < -0.39 is 0 Å². The van der Waals surface area contributed by atoms with Crippen LogP contribution < -0.4 is 15.8 Å². The van der Waals surface area contributed by atoms with E-state index in [-0.39, 0.29) is 18.3 Å². The summed E-state index contributed by atoms with van der Waals surface area (Å²) in [5, 5.41) is 3.34. The molecule has 2 rings (SSSR count). The minimum absolute atomic E-state index is 0. The number of amides is 1. The van der Waals surface area contributed by atoms with E-state index in [1.807, 2.05) is 19.1 Å². The molecule has 0 aromatic heterocycles. The lowest BCUT2D eigenvalue weighted by atomic mass is 10.1. The second-order valence-electron chi connectivity index (χ2n) is 5.04. The van der Waals surface area contributed by atoms with E-state index in [1.54, 1.807) is 30.3 Å². The van der Waals surface area contributed by atoms with Gasteiger partial charge in [-0.25, -0.2) is 0 Å². The minimum Gasteiger partial charge on any atom is -0.489 e. The number of carbonyl (C=O) groups excluding carboxylic acids is 1. The van der Waals surface area contributed by atoms with Gasteiger partial charge in [0.15, 0.2) is 0 Å². The predicted molar refractivity (Wildman–Crippen MR) is 103 cm³/mol. The van der Waals surface area contributed by atoms with Crippen molar-refractivity contribution in [3.05, 3.63) is 58.6 Å². The molecule has 0 bridgehead atoms. The van der Waals surface area contributed by atoms with Crippen molar-refractivity contribution in [1.82, 2.24) is 0 Å². The molecule has 0 heterocycles. The van der Waals surface area contributed by atoms with Crippen molar-refractivity contribution in [2.24, 2.45) is 5.73 Å². The van der Waals surface area contributed by atoms with Crippen LogP contribution in [0.1, 0.15) is 22.8 Å². The molecule has 0 unspecified atom stereocenters. The van der Waals surface area contributed by atoms with Gasteiger partial charge in [0.1, 0.15) is 12.4 Å². The van der Waals surface area contributed by atoms with Crippen LogP contribution in [0.25, 0.3) is 0 Å². The Morgan fingerprint density at radius 2 is 1.88 bits per heavy atom. The van der Waals surface area contributed by atoms with Crippen LogP contribution >= 0.6 is 24.0 Å². The minimum atomic E-state index is -0.240. The molecule has 3 N–H and O–H groups in total. The third kappa shape index (κ3) is 6.55. The molecule has 2 aromatic rings. The summed E-state index contributed by atoms with van der Waals surface area (Å²) in [4.78, 5) is 12.4. The maximum Gasteiger partial charge on any atom is 0.255 e. The maximum atomic E-state index is 12.4. The molecular formula is C18H22Cl2N2O3. The molecule has 0 fully saturated rings. The first-order chi connectivity index (χ1) is 11.6. The number of halogens is 2. The highest BCUT2D eigenvalue weighted by molar-refractivity contribution is 6.31. The number of carbonyl (C=O) groups is 1. The third-order valence-electron chi connectivity index (χ3n) is 3.33. The van der Waals surface area contributed by atoms with Gasteiger partial charge in [0, 0.05) is 23.7 Å². The van der Waals surface area contributed by atoms with E-state index in [1.165, 1.54) is 0 Å². The molecule has 0 radical (unpaired) electrons. The number of nitrogens with two attached hydrogens (primary N) is 1. The Morgan fingerprint density at radius 3 is 2.52 bits per heavy atom. The zero-order valence-electron chi connectivity index (χ0n) is 14.0. The molecule has 0 aliphatic heterocycles. The molecule has 0 spiro atoms. The fourth-order valence-corrected chi connectivity index (χ4v) is 2.24. The number of hydrogen-bond donors (Lipinski definition) is 2. The second-order valence-corrected chi connectivity index (χ2v) is 5.48. The van der Waals surface area contributed by atoms with E-state index >= 15 is 0 Å². The van der Waals surface area contributed by atoms with Gasteiger partial charge < -0.3 is 20.5 Å². The lowest BCUT2D eigenvalue weighted by Gasteiger charge is -2.13. The van der Waals surface area contributed by atoms with Crippen LogP contribution in [0.2, 0.25) is 5.02 Å². The molecule has 0 aliphatic carbocycles. The molecular weight excluding hydrogens is 363 g/mol. The molecule has 25 heavy (non-hydrogen) atoms. The number of anilines is 1. The van der Waals surface area contributed by atoms with Crippen LogP contribution in [0.15, 0.2) is 42.5 Å². The third-order valence-corrected chi connectivity index (χ3v) is 3.57. The van der Waals surface area contributed by atoms with Crippen molar-refractivity contribution in [3.63, 3.8) is 0 Å². The summed E-state index contributed by atoms with van der Waals surface area (Å²) < 4.78 is 10.9. The molecule has 136 valence electrons. The van der Waals surface area contributed by atoms with E-state index in [2.05, 4.69) is 5.32 Å². The molecule has 7 heteroatoms. The van der Waals surface area contributed by atoms with Gasteiger partial charge in [0.05, 0.1) is 12.3 Å². The van der Waals surface area contributed by atoms with Crippen LogP contribution in [0.3, 0.4) is 0 Å². The van der Waals surface area contributed by atoms with E-state index in [4.69, 9.17) is 26.8 Å². The van der Waals surface area contributed by atoms with Gasteiger partial charge in [-0.15, -0.1) is 12.4 Å². The first kappa shape index (κ1) is 21.3. The van der Waals surface area contributed by atoms with Gasteiger partial charge in [-0.2, -0.15) is 0 Å². The fraction of sp³-hybridized carbons (Fsp3) is 0.278. The highest BCUT2D eigenvalue weighted by Gasteiger charge is 2.11. The zero-order valence-corrected chi connectivity index (χ0v) is 15.5.